The Morgan fingerprint density at radius 3 is 3.16 bits per heavy atom. The van der Waals surface area contributed by atoms with Crippen LogP contribution in [0.1, 0.15) is 11.3 Å². The number of aliphatic hydroxyl groups is 1. The quantitative estimate of drug-likeness (QED) is 0.889. The summed E-state index contributed by atoms with van der Waals surface area (Å²) in [5.74, 6) is 0. The molecule has 19 heavy (non-hydrogen) atoms. The molecule has 3 rings (SSSR count). The maximum Gasteiger partial charge on any atom is 0.137 e. The summed E-state index contributed by atoms with van der Waals surface area (Å²) in [5, 5.41) is 9.37. The van der Waals surface area contributed by atoms with Gasteiger partial charge in [0, 0.05) is 25.5 Å². The molecule has 0 aliphatic carbocycles. The van der Waals surface area contributed by atoms with Crippen LogP contribution in [0.3, 0.4) is 0 Å². The first-order valence-electron chi connectivity index (χ1n) is 6.63. The lowest BCUT2D eigenvalue weighted by Gasteiger charge is -2.33. The second-order valence-electron chi connectivity index (χ2n) is 5.09. The molecule has 0 saturated carbocycles. The zero-order valence-electron chi connectivity index (χ0n) is 11.1. The number of ether oxygens (including phenoxy) is 1. The Labute approximate surface area is 112 Å². The van der Waals surface area contributed by atoms with E-state index in [0.717, 1.165) is 31.0 Å². The van der Waals surface area contributed by atoms with Gasteiger partial charge < -0.3 is 14.2 Å². The number of aromatic nitrogens is 2. The molecule has 2 aromatic heterocycles. The average molecular weight is 261 g/mol. The highest BCUT2D eigenvalue weighted by molar-refractivity contribution is 5.41. The summed E-state index contributed by atoms with van der Waals surface area (Å²) >= 11 is 0. The van der Waals surface area contributed by atoms with E-state index < -0.39 is 0 Å². The zero-order chi connectivity index (χ0) is 13.2. The standard InChI is InChI=1S/C14H19N3O2/c1-11-2-3-14-15-12(8-17(14)6-11)7-16-4-5-19-10-13(16)9-18/h2-3,6,8,13,18H,4-5,7,9-10H2,1H3. The predicted octanol–water partition coefficient (Wildman–Crippen LogP) is 0.836. The molecule has 1 saturated heterocycles. The van der Waals surface area contributed by atoms with Crippen LogP contribution in [0.2, 0.25) is 0 Å². The summed E-state index contributed by atoms with van der Waals surface area (Å²) < 4.78 is 7.44. The van der Waals surface area contributed by atoms with Crippen LogP contribution in [0.4, 0.5) is 0 Å². The number of aryl methyl sites for hydroxylation is 1. The molecule has 1 N–H and O–H groups in total. The van der Waals surface area contributed by atoms with Gasteiger partial charge in [0.2, 0.25) is 0 Å². The molecule has 5 nitrogen and oxygen atoms in total. The fourth-order valence-corrected chi connectivity index (χ4v) is 2.51. The third-order valence-corrected chi connectivity index (χ3v) is 3.57. The molecule has 0 bridgehead atoms. The van der Waals surface area contributed by atoms with Crippen LogP contribution in [-0.2, 0) is 11.3 Å². The van der Waals surface area contributed by atoms with Crippen molar-refractivity contribution in [1.29, 1.82) is 0 Å². The van der Waals surface area contributed by atoms with E-state index in [4.69, 9.17) is 4.74 Å². The summed E-state index contributed by atoms with van der Waals surface area (Å²) in [6.07, 6.45) is 4.14. The first-order chi connectivity index (χ1) is 9.26. The molecule has 3 heterocycles. The van der Waals surface area contributed by atoms with Gasteiger partial charge in [0.05, 0.1) is 31.6 Å². The lowest BCUT2D eigenvalue weighted by atomic mass is 10.2. The number of pyridine rings is 1. The van der Waals surface area contributed by atoms with Crippen molar-refractivity contribution in [3.8, 4) is 0 Å². The van der Waals surface area contributed by atoms with E-state index in [1.165, 1.54) is 5.56 Å². The van der Waals surface area contributed by atoms with Gasteiger partial charge in [-0.05, 0) is 18.6 Å². The highest BCUT2D eigenvalue weighted by Gasteiger charge is 2.22. The van der Waals surface area contributed by atoms with Gasteiger partial charge in [-0.2, -0.15) is 0 Å². The SMILES string of the molecule is Cc1ccc2nc(CN3CCOCC3CO)cn2c1. The van der Waals surface area contributed by atoms with E-state index in [2.05, 4.69) is 39.7 Å². The molecule has 1 atom stereocenters. The molecule has 1 fully saturated rings. The maximum absolute atomic E-state index is 9.37. The highest BCUT2D eigenvalue weighted by atomic mass is 16.5. The van der Waals surface area contributed by atoms with Crippen molar-refractivity contribution in [2.75, 3.05) is 26.4 Å². The molecule has 2 aromatic rings. The summed E-state index contributed by atoms with van der Waals surface area (Å²) in [6, 6.07) is 4.18. The predicted molar refractivity (Wildman–Crippen MR) is 72.0 cm³/mol. The van der Waals surface area contributed by atoms with E-state index in [9.17, 15) is 5.11 Å². The number of hydrogen-bond donors (Lipinski definition) is 1. The lowest BCUT2D eigenvalue weighted by molar-refractivity contribution is -0.0316. The van der Waals surface area contributed by atoms with Crippen molar-refractivity contribution < 1.29 is 9.84 Å². The van der Waals surface area contributed by atoms with Crippen LogP contribution in [-0.4, -0.2) is 51.8 Å². The summed E-state index contributed by atoms with van der Waals surface area (Å²) in [7, 11) is 0. The minimum absolute atomic E-state index is 0.0836. The van der Waals surface area contributed by atoms with Crippen molar-refractivity contribution >= 4 is 5.65 Å². The number of aliphatic hydroxyl groups excluding tert-OH is 1. The van der Waals surface area contributed by atoms with Crippen molar-refractivity contribution in [2.45, 2.75) is 19.5 Å². The van der Waals surface area contributed by atoms with Gasteiger partial charge in [0.15, 0.2) is 0 Å². The largest absolute Gasteiger partial charge is 0.395 e. The smallest absolute Gasteiger partial charge is 0.137 e. The van der Waals surface area contributed by atoms with E-state index in [1.807, 2.05) is 6.07 Å². The van der Waals surface area contributed by atoms with Gasteiger partial charge >= 0.3 is 0 Å². The number of morpholine rings is 1. The molecule has 1 unspecified atom stereocenters. The minimum atomic E-state index is 0.0836. The molecule has 1 aliphatic heterocycles. The Balaban J connectivity index is 1.80. The summed E-state index contributed by atoms with van der Waals surface area (Å²) in [5.41, 5.74) is 3.22. The third kappa shape index (κ3) is 2.63. The normalized spacial score (nSPS) is 21.1. The van der Waals surface area contributed by atoms with E-state index in [1.54, 1.807) is 0 Å². The van der Waals surface area contributed by atoms with Crippen LogP contribution in [0.5, 0.6) is 0 Å². The molecule has 0 amide bonds. The molecule has 0 radical (unpaired) electrons. The number of fused-ring (bicyclic) bond motifs is 1. The van der Waals surface area contributed by atoms with E-state index >= 15 is 0 Å². The maximum atomic E-state index is 9.37. The minimum Gasteiger partial charge on any atom is -0.395 e. The van der Waals surface area contributed by atoms with Crippen LogP contribution < -0.4 is 0 Å². The van der Waals surface area contributed by atoms with Crippen molar-refractivity contribution in [3.63, 3.8) is 0 Å². The van der Waals surface area contributed by atoms with Crippen LogP contribution in [0.15, 0.2) is 24.5 Å². The first-order valence-corrected chi connectivity index (χ1v) is 6.63. The molecular weight excluding hydrogens is 242 g/mol. The molecule has 1 aliphatic rings. The van der Waals surface area contributed by atoms with Crippen molar-refractivity contribution in [2.24, 2.45) is 0 Å². The second-order valence-corrected chi connectivity index (χ2v) is 5.09. The van der Waals surface area contributed by atoms with Gasteiger partial charge in [-0.3, -0.25) is 4.90 Å². The van der Waals surface area contributed by atoms with Crippen molar-refractivity contribution in [3.05, 3.63) is 35.8 Å². The topological polar surface area (TPSA) is 50.0 Å². The fraction of sp³-hybridized carbons (Fsp3) is 0.500. The fourth-order valence-electron chi connectivity index (χ4n) is 2.51. The molecule has 0 spiro atoms. The monoisotopic (exact) mass is 261 g/mol. The molecule has 5 heteroatoms. The second kappa shape index (κ2) is 5.28. The van der Waals surface area contributed by atoms with Crippen LogP contribution >= 0.6 is 0 Å². The number of nitrogens with zero attached hydrogens (tertiary/aromatic N) is 3. The van der Waals surface area contributed by atoms with Gasteiger partial charge in [-0.1, -0.05) is 6.07 Å². The molecular formula is C14H19N3O2. The van der Waals surface area contributed by atoms with Gasteiger partial charge in [-0.15, -0.1) is 0 Å². The lowest BCUT2D eigenvalue weighted by Crippen LogP contribution is -2.46. The highest BCUT2D eigenvalue weighted by Crippen LogP contribution is 2.13. The Bertz CT molecular complexity index is 567. The van der Waals surface area contributed by atoms with Crippen LogP contribution in [0, 0.1) is 6.92 Å². The van der Waals surface area contributed by atoms with Gasteiger partial charge in [0.1, 0.15) is 5.65 Å². The van der Waals surface area contributed by atoms with Crippen LogP contribution in [0.25, 0.3) is 5.65 Å². The Hall–Kier alpha value is -1.43. The Morgan fingerprint density at radius 1 is 1.42 bits per heavy atom. The zero-order valence-corrected chi connectivity index (χ0v) is 11.1. The Kier molecular flexibility index (Phi) is 3.50. The Morgan fingerprint density at radius 2 is 2.32 bits per heavy atom. The first kappa shape index (κ1) is 12.6. The van der Waals surface area contributed by atoms with Crippen molar-refractivity contribution in [1.82, 2.24) is 14.3 Å². The number of rotatable bonds is 3. The average Bonchev–Trinajstić information content (AvgIpc) is 2.80. The summed E-state index contributed by atoms with van der Waals surface area (Å²) in [4.78, 5) is 6.85. The van der Waals surface area contributed by atoms with Gasteiger partial charge in [0.25, 0.3) is 0 Å². The molecule has 102 valence electrons. The van der Waals surface area contributed by atoms with Gasteiger partial charge in [-0.25, -0.2) is 4.98 Å². The number of imidazole rings is 1. The molecule has 0 aromatic carbocycles. The number of hydrogen-bond acceptors (Lipinski definition) is 4. The van der Waals surface area contributed by atoms with E-state index in [0.29, 0.717) is 6.61 Å². The third-order valence-electron chi connectivity index (χ3n) is 3.57. The van der Waals surface area contributed by atoms with E-state index in [-0.39, 0.29) is 12.6 Å². The summed E-state index contributed by atoms with van der Waals surface area (Å²) in [6.45, 7) is 5.13.